The fraction of sp³-hybridized carbons (Fsp3) is 0.917. The monoisotopic (exact) mass is 261 g/mol. The summed E-state index contributed by atoms with van der Waals surface area (Å²) in [7, 11) is 0. The fourth-order valence-electron chi connectivity index (χ4n) is 1.76. The van der Waals surface area contributed by atoms with Gasteiger partial charge in [-0.25, -0.2) is 4.79 Å². The first-order valence-corrected chi connectivity index (χ1v) is 6.25. The van der Waals surface area contributed by atoms with Gasteiger partial charge in [-0.15, -0.1) is 0 Å². The van der Waals surface area contributed by atoms with Crippen molar-refractivity contribution < 1.29 is 24.2 Å². The molecule has 6 heteroatoms. The zero-order valence-electron chi connectivity index (χ0n) is 11.3. The Morgan fingerprint density at radius 1 is 1.56 bits per heavy atom. The van der Waals surface area contributed by atoms with Gasteiger partial charge in [0, 0.05) is 12.5 Å². The van der Waals surface area contributed by atoms with E-state index in [-0.39, 0.29) is 12.5 Å². The molecule has 2 atom stereocenters. The highest BCUT2D eigenvalue weighted by atomic mass is 16.7. The molecule has 0 aromatic carbocycles. The van der Waals surface area contributed by atoms with E-state index >= 15 is 0 Å². The maximum atomic E-state index is 11.4. The number of hydroxylamine groups is 1. The number of rotatable bonds is 4. The Hall–Kier alpha value is -0.850. The molecule has 0 aromatic rings. The lowest BCUT2D eigenvalue weighted by Gasteiger charge is -2.28. The van der Waals surface area contributed by atoms with Gasteiger partial charge < -0.3 is 14.6 Å². The summed E-state index contributed by atoms with van der Waals surface area (Å²) >= 11 is 0. The molecule has 0 radical (unpaired) electrons. The summed E-state index contributed by atoms with van der Waals surface area (Å²) < 4.78 is 10.3. The highest BCUT2D eigenvalue weighted by Gasteiger charge is 2.26. The van der Waals surface area contributed by atoms with Crippen LogP contribution in [0.15, 0.2) is 0 Å². The predicted molar refractivity (Wildman–Crippen MR) is 64.9 cm³/mol. The Morgan fingerprint density at radius 2 is 2.28 bits per heavy atom. The summed E-state index contributed by atoms with van der Waals surface area (Å²) in [5.41, 5.74) is 1.64. The van der Waals surface area contributed by atoms with Crippen LogP contribution in [0.3, 0.4) is 0 Å². The van der Waals surface area contributed by atoms with Gasteiger partial charge in [-0.2, -0.15) is 5.48 Å². The van der Waals surface area contributed by atoms with Gasteiger partial charge in [0.1, 0.15) is 11.7 Å². The van der Waals surface area contributed by atoms with Crippen LogP contribution in [0, 0.1) is 5.92 Å². The number of amides is 1. The Labute approximate surface area is 108 Å². The first kappa shape index (κ1) is 15.2. The first-order chi connectivity index (χ1) is 8.42. The molecule has 1 aliphatic heterocycles. The van der Waals surface area contributed by atoms with Crippen LogP contribution in [-0.2, 0) is 14.3 Å². The average Bonchev–Trinajstić information content (AvgIpc) is 2.29. The standard InChI is InChI=1S/C12H23NO5/c1-12(2,3)17-11(15)13-18-10(7-14)9-5-4-6-16-8-9/h9-10,14H,4-8H2,1-3H3,(H,13,15). The largest absolute Gasteiger partial charge is 0.442 e. The molecule has 0 aliphatic carbocycles. The molecule has 1 fully saturated rings. The third kappa shape index (κ3) is 5.66. The number of carbonyl (C=O) groups excluding carboxylic acids is 1. The third-order valence-corrected chi connectivity index (χ3v) is 2.59. The van der Waals surface area contributed by atoms with Crippen LogP contribution in [0.4, 0.5) is 4.79 Å². The zero-order chi connectivity index (χ0) is 13.6. The van der Waals surface area contributed by atoms with Crippen molar-refractivity contribution >= 4 is 6.09 Å². The molecule has 0 aromatic heterocycles. The summed E-state index contributed by atoms with van der Waals surface area (Å²) in [6.07, 6.45) is 0.744. The number of hydrogen-bond acceptors (Lipinski definition) is 5. The summed E-state index contributed by atoms with van der Waals surface area (Å²) in [4.78, 5) is 16.6. The lowest BCUT2D eigenvalue weighted by Crippen LogP contribution is -2.41. The van der Waals surface area contributed by atoms with Gasteiger partial charge in [0.25, 0.3) is 0 Å². The van der Waals surface area contributed by atoms with Crippen molar-refractivity contribution in [2.45, 2.75) is 45.3 Å². The number of aliphatic hydroxyl groups is 1. The second kappa shape index (κ2) is 6.92. The van der Waals surface area contributed by atoms with Gasteiger partial charge in [-0.3, -0.25) is 4.84 Å². The molecule has 1 aliphatic rings. The molecule has 2 unspecified atom stereocenters. The average molecular weight is 261 g/mol. The SMILES string of the molecule is CC(C)(C)OC(=O)NOC(CO)C1CCCOC1. The topological polar surface area (TPSA) is 77.0 Å². The van der Waals surface area contributed by atoms with Gasteiger partial charge in [0.05, 0.1) is 13.2 Å². The Bertz CT molecular complexity index is 258. The van der Waals surface area contributed by atoms with Crippen LogP contribution < -0.4 is 5.48 Å². The molecular formula is C12H23NO5. The smallest absolute Gasteiger partial charge is 0.431 e. The van der Waals surface area contributed by atoms with Crippen LogP contribution >= 0.6 is 0 Å². The molecule has 0 spiro atoms. The molecule has 0 bridgehead atoms. The van der Waals surface area contributed by atoms with Crippen LogP contribution in [-0.4, -0.2) is 42.7 Å². The second-order valence-electron chi connectivity index (χ2n) is 5.42. The highest BCUT2D eigenvalue weighted by Crippen LogP contribution is 2.19. The Kier molecular flexibility index (Phi) is 5.84. The van der Waals surface area contributed by atoms with Gasteiger partial charge in [-0.05, 0) is 33.6 Å². The predicted octanol–water partition coefficient (Wildman–Crippen LogP) is 1.23. The molecule has 1 amide bonds. The lowest BCUT2D eigenvalue weighted by atomic mass is 9.96. The molecule has 0 saturated carbocycles. The summed E-state index contributed by atoms with van der Waals surface area (Å²) in [6, 6.07) is 0. The van der Waals surface area contributed by atoms with Crippen LogP contribution in [0.2, 0.25) is 0 Å². The van der Waals surface area contributed by atoms with Gasteiger partial charge >= 0.3 is 6.09 Å². The van der Waals surface area contributed by atoms with Crippen molar-refractivity contribution in [1.82, 2.24) is 5.48 Å². The van der Waals surface area contributed by atoms with Crippen molar-refractivity contribution in [3.05, 3.63) is 0 Å². The van der Waals surface area contributed by atoms with Gasteiger partial charge in [0.15, 0.2) is 0 Å². The van der Waals surface area contributed by atoms with Crippen LogP contribution in [0.25, 0.3) is 0 Å². The van der Waals surface area contributed by atoms with Crippen molar-refractivity contribution in [3.8, 4) is 0 Å². The molecule has 6 nitrogen and oxygen atoms in total. The molecule has 2 N–H and O–H groups in total. The van der Waals surface area contributed by atoms with Crippen molar-refractivity contribution in [1.29, 1.82) is 0 Å². The molecule has 106 valence electrons. The van der Waals surface area contributed by atoms with Gasteiger partial charge in [-0.1, -0.05) is 0 Å². The van der Waals surface area contributed by atoms with E-state index in [9.17, 15) is 9.90 Å². The maximum absolute atomic E-state index is 11.4. The molecular weight excluding hydrogens is 238 g/mol. The van der Waals surface area contributed by atoms with Crippen molar-refractivity contribution in [3.63, 3.8) is 0 Å². The molecule has 1 saturated heterocycles. The van der Waals surface area contributed by atoms with Crippen LogP contribution in [0.5, 0.6) is 0 Å². The summed E-state index contributed by atoms with van der Waals surface area (Å²) in [6.45, 7) is 6.43. The van der Waals surface area contributed by atoms with Crippen molar-refractivity contribution in [2.75, 3.05) is 19.8 Å². The number of ether oxygens (including phenoxy) is 2. The Morgan fingerprint density at radius 3 is 2.78 bits per heavy atom. The maximum Gasteiger partial charge on any atom is 0.431 e. The normalized spacial score (nSPS) is 22.3. The van der Waals surface area contributed by atoms with E-state index in [4.69, 9.17) is 14.3 Å². The molecule has 18 heavy (non-hydrogen) atoms. The van der Waals surface area contributed by atoms with E-state index in [1.807, 2.05) is 0 Å². The van der Waals surface area contributed by atoms with E-state index in [1.165, 1.54) is 0 Å². The van der Waals surface area contributed by atoms with E-state index in [0.29, 0.717) is 6.61 Å². The molecule has 1 heterocycles. The lowest BCUT2D eigenvalue weighted by molar-refractivity contribution is -0.107. The zero-order valence-corrected chi connectivity index (χ0v) is 11.3. The van der Waals surface area contributed by atoms with E-state index in [1.54, 1.807) is 20.8 Å². The number of hydrogen-bond donors (Lipinski definition) is 2. The summed E-state index contributed by atoms with van der Waals surface area (Å²) in [5.74, 6) is 0.0960. The van der Waals surface area contributed by atoms with E-state index in [0.717, 1.165) is 19.4 Å². The minimum absolute atomic E-state index is 0.0960. The second-order valence-corrected chi connectivity index (χ2v) is 5.42. The third-order valence-electron chi connectivity index (χ3n) is 2.59. The Balaban J connectivity index is 2.32. The first-order valence-electron chi connectivity index (χ1n) is 6.25. The minimum atomic E-state index is -0.655. The van der Waals surface area contributed by atoms with Gasteiger partial charge in [0.2, 0.25) is 0 Å². The molecule has 1 rings (SSSR count). The van der Waals surface area contributed by atoms with Crippen molar-refractivity contribution in [2.24, 2.45) is 5.92 Å². The van der Waals surface area contributed by atoms with E-state index in [2.05, 4.69) is 5.48 Å². The van der Waals surface area contributed by atoms with Crippen LogP contribution in [0.1, 0.15) is 33.6 Å². The fourth-order valence-corrected chi connectivity index (χ4v) is 1.76. The highest BCUT2D eigenvalue weighted by molar-refractivity contribution is 5.66. The summed E-state index contributed by atoms with van der Waals surface area (Å²) in [5, 5.41) is 9.25. The number of aliphatic hydroxyl groups excluding tert-OH is 1. The minimum Gasteiger partial charge on any atom is -0.442 e. The quantitative estimate of drug-likeness (QED) is 0.744. The number of nitrogens with one attached hydrogen (secondary N) is 1. The number of carbonyl (C=O) groups is 1. The van der Waals surface area contributed by atoms with E-state index < -0.39 is 17.8 Å².